The first-order chi connectivity index (χ1) is 7.42. The molecule has 0 amide bonds. The van der Waals surface area contributed by atoms with Crippen molar-refractivity contribution in [1.29, 1.82) is 0 Å². The van der Waals surface area contributed by atoms with Crippen molar-refractivity contribution in [2.75, 3.05) is 0 Å². The van der Waals surface area contributed by atoms with Crippen LogP contribution in [0.2, 0.25) is 0 Å². The van der Waals surface area contributed by atoms with Gasteiger partial charge in [0.1, 0.15) is 0 Å². The average molecular weight is 261 g/mol. The minimum Gasteiger partial charge on any atom is -0.385 e. The van der Waals surface area contributed by atoms with Crippen molar-refractivity contribution in [1.82, 2.24) is 0 Å². The van der Waals surface area contributed by atoms with Gasteiger partial charge in [-0.1, -0.05) is 25.0 Å². The number of hydrogen-bond donors (Lipinski definition) is 1. The second-order valence-electron chi connectivity index (χ2n) is 4.20. The van der Waals surface area contributed by atoms with E-state index in [4.69, 9.17) is 10.7 Å². The Hall–Kier alpha value is -0.580. The molecular formula is C11H13ClO3S. The van der Waals surface area contributed by atoms with E-state index in [1.165, 1.54) is 12.1 Å². The zero-order valence-corrected chi connectivity index (χ0v) is 10.3. The second-order valence-corrected chi connectivity index (χ2v) is 6.77. The molecule has 1 aromatic carbocycles. The van der Waals surface area contributed by atoms with Gasteiger partial charge in [0, 0.05) is 10.7 Å². The Morgan fingerprint density at radius 3 is 2.06 bits per heavy atom. The fourth-order valence-corrected chi connectivity index (χ4v) is 2.95. The van der Waals surface area contributed by atoms with Gasteiger partial charge >= 0.3 is 0 Å². The third kappa shape index (κ3) is 2.24. The Morgan fingerprint density at radius 2 is 1.62 bits per heavy atom. The first-order valence-corrected chi connectivity index (χ1v) is 7.50. The lowest BCUT2D eigenvalue weighted by atomic mass is 9.92. The lowest BCUT2D eigenvalue weighted by Gasteiger charge is -2.22. The van der Waals surface area contributed by atoms with Crippen LogP contribution in [0.5, 0.6) is 0 Å². The summed E-state index contributed by atoms with van der Waals surface area (Å²) >= 11 is 0. The molecule has 0 spiro atoms. The highest BCUT2D eigenvalue weighted by Crippen LogP contribution is 2.38. The molecule has 0 unspecified atom stereocenters. The van der Waals surface area contributed by atoms with E-state index in [1.54, 1.807) is 12.1 Å². The standard InChI is InChI=1S/C11H13ClO3S/c12-16(14,15)10-5-3-9(4-6-10)11(13)7-1-2-8-11/h3-6,13H,1-2,7-8H2. The number of aliphatic hydroxyl groups is 1. The second kappa shape index (κ2) is 4.02. The quantitative estimate of drug-likeness (QED) is 0.831. The highest BCUT2D eigenvalue weighted by Gasteiger charge is 2.32. The van der Waals surface area contributed by atoms with Crippen molar-refractivity contribution >= 4 is 19.7 Å². The average Bonchev–Trinajstić information content (AvgIpc) is 2.66. The van der Waals surface area contributed by atoms with Gasteiger partial charge in [-0.05, 0) is 30.5 Å². The van der Waals surface area contributed by atoms with Crippen LogP contribution in [-0.4, -0.2) is 13.5 Å². The molecule has 1 fully saturated rings. The van der Waals surface area contributed by atoms with Gasteiger partial charge in [-0.25, -0.2) is 8.42 Å². The molecule has 2 rings (SSSR count). The summed E-state index contributed by atoms with van der Waals surface area (Å²) < 4.78 is 22.1. The predicted octanol–water partition coefficient (Wildman–Crippen LogP) is 2.38. The summed E-state index contributed by atoms with van der Waals surface area (Å²) in [6.45, 7) is 0. The summed E-state index contributed by atoms with van der Waals surface area (Å²) in [5, 5.41) is 10.3. The molecule has 1 aliphatic carbocycles. The molecule has 0 atom stereocenters. The molecular weight excluding hydrogens is 248 g/mol. The largest absolute Gasteiger partial charge is 0.385 e. The van der Waals surface area contributed by atoms with Gasteiger partial charge in [-0.3, -0.25) is 0 Å². The highest BCUT2D eigenvalue weighted by molar-refractivity contribution is 8.13. The van der Waals surface area contributed by atoms with Crippen LogP contribution in [-0.2, 0) is 14.7 Å². The first-order valence-electron chi connectivity index (χ1n) is 5.19. The van der Waals surface area contributed by atoms with Crippen LogP contribution >= 0.6 is 10.7 Å². The monoisotopic (exact) mass is 260 g/mol. The van der Waals surface area contributed by atoms with Gasteiger partial charge in [0.15, 0.2) is 0 Å². The molecule has 0 heterocycles. The molecule has 0 bridgehead atoms. The topological polar surface area (TPSA) is 54.4 Å². The SMILES string of the molecule is O=S(=O)(Cl)c1ccc(C2(O)CCCC2)cc1. The van der Waals surface area contributed by atoms with Gasteiger partial charge in [0.2, 0.25) is 0 Å². The van der Waals surface area contributed by atoms with E-state index in [-0.39, 0.29) is 4.90 Å². The number of rotatable bonds is 2. The van der Waals surface area contributed by atoms with Crippen LogP contribution in [0.15, 0.2) is 29.2 Å². The third-order valence-corrected chi connectivity index (χ3v) is 4.47. The molecule has 0 radical (unpaired) electrons. The number of halogens is 1. The molecule has 1 saturated carbocycles. The Morgan fingerprint density at radius 1 is 1.12 bits per heavy atom. The van der Waals surface area contributed by atoms with E-state index in [0.29, 0.717) is 0 Å². The minimum absolute atomic E-state index is 0.0690. The van der Waals surface area contributed by atoms with E-state index in [1.807, 2.05) is 0 Å². The Balaban J connectivity index is 2.33. The van der Waals surface area contributed by atoms with Crippen LogP contribution in [0.25, 0.3) is 0 Å². The molecule has 5 heteroatoms. The summed E-state index contributed by atoms with van der Waals surface area (Å²) in [6.07, 6.45) is 3.48. The Kier molecular flexibility index (Phi) is 2.99. The zero-order chi connectivity index (χ0) is 11.8. The molecule has 1 N–H and O–H groups in total. The molecule has 1 aliphatic rings. The van der Waals surface area contributed by atoms with E-state index in [2.05, 4.69) is 0 Å². The first kappa shape index (κ1) is 11.9. The number of hydrogen-bond acceptors (Lipinski definition) is 3. The fraction of sp³-hybridized carbons (Fsp3) is 0.455. The lowest BCUT2D eigenvalue weighted by Crippen LogP contribution is -2.20. The van der Waals surface area contributed by atoms with Crippen LogP contribution < -0.4 is 0 Å². The maximum absolute atomic E-state index is 11.0. The fourth-order valence-electron chi connectivity index (χ4n) is 2.18. The van der Waals surface area contributed by atoms with Gasteiger partial charge in [0.05, 0.1) is 10.5 Å². The van der Waals surface area contributed by atoms with Crippen molar-refractivity contribution in [3.8, 4) is 0 Å². The van der Waals surface area contributed by atoms with Gasteiger partial charge in [-0.15, -0.1) is 0 Å². The normalized spacial score (nSPS) is 19.9. The van der Waals surface area contributed by atoms with Crippen molar-refractivity contribution in [3.63, 3.8) is 0 Å². The summed E-state index contributed by atoms with van der Waals surface area (Å²) in [6, 6.07) is 6.16. The maximum atomic E-state index is 11.0. The zero-order valence-electron chi connectivity index (χ0n) is 8.69. The van der Waals surface area contributed by atoms with Crippen LogP contribution in [0.3, 0.4) is 0 Å². The van der Waals surface area contributed by atoms with Crippen LogP contribution in [0, 0.1) is 0 Å². The van der Waals surface area contributed by atoms with Crippen molar-refractivity contribution < 1.29 is 13.5 Å². The summed E-state index contributed by atoms with van der Waals surface area (Å²) in [4.78, 5) is 0.0690. The van der Waals surface area contributed by atoms with Gasteiger partial charge in [-0.2, -0.15) is 0 Å². The third-order valence-electron chi connectivity index (χ3n) is 3.10. The van der Waals surface area contributed by atoms with E-state index in [9.17, 15) is 13.5 Å². The van der Waals surface area contributed by atoms with Crippen molar-refractivity contribution in [2.24, 2.45) is 0 Å². The molecule has 1 aromatic rings. The Bertz CT molecular complexity index is 472. The highest BCUT2D eigenvalue weighted by atomic mass is 35.7. The van der Waals surface area contributed by atoms with E-state index in [0.717, 1.165) is 31.2 Å². The molecule has 0 aliphatic heterocycles. The van der Waals surface area contributed by atoms with Crippen molar-refractivity contribution in [2.45, 2.75) is 36.2 Å². The summed E-state index contributed by atoms with van der Waals surface area (Å²) in [7, 11) is 1.54. The lowest BCUT2D eigenvalue weighted by molar-refractivity contribution is 0.0444. The van der Waals surface area contributed by atoms with E-state index < -0.39 is 14.7 Å². The number of benzene rings is 1. The van der Waals surface area contributed by atoms with Crippen molar-refractivity contribution in [3.05, 3.63) is 29.8 Å². The summed E-state index contributed by atoms with van der Waals surface area (Å²) in [5.74, 6) is 0. The predicted molar refractivity (Wildman–Crippen MR) is 61.8 cm³/mol. The molecule has 0 saturated heterocycles. The summed E-state index contributed by atoms with van der Waals surface area (Å²) in [5.41, 5.74) is -0.0108. The molecule has 88 valence electrons. The molecule has 0 aromatic heterocycles. The molecule has 3 nitrogen and oxygen atoms in total. The van der Waals surface area contributed by atoms with Crippen LogP contribution in [0.4, 0.5) is 0 Å². The maximum Gasteiger partial charge on any atom is 0.261 e. The van der Waals surface area contributed by atoms with E-state index >= 15 is 0 Å². The smallest absolute Gasteiger partial charge is 0.261 e. The van der Waals surface area contributed by atoms with Crippen LogP contribution in [0.1, 0.15) is 31.2 Å². The minimum atomic E-state index is -3.67. The van der Waals surface area contributed by atoms with Gasteiger partial charge < -0.3 is 5.11 Å². The van der Waals surface area contributed by atoms with Gasteiger partial charge in [0.25, 0.3) is 9.05 Å². The molecule has 16 heavy (non-hydrogen) atoms. The Labute approximate surface area is 99.5 Å².